The molecule has 2 aromatic carbocycles. The molecule has 0 bridgehead atoms. The van der Waals surface area contributed by atoms with E-state index in [9.17, 15) is 24.2 Å². The van der Waals surface area contributed by atoms with E-state index in [1.54, 1.807) is 28.8 Å². The summed E-state index contributed by atoms with van der Waals surface area (Å²) in [6.45, 7) is 5.86. The van der Waals surface area contributed by atoms with Crippen LogP contribution in [0.2, 0.25) is 0 Å². The Hall–Kier alpha value is -2.56. The number of hydrogen-bond donors (Lipinski definition) is 3. The third-order valence-corrected chi connectivity index (χ3v) is 6.72. The SMILES string of the molecule is CC(C)c1c(C(=O)N(C)[C@@H](C)c2ccccc2)nn(-c2ccc(F)cc2)c1CC[C@@H](O)C[C@@H](O)CC(=O)O.[NaH]. The molecule has 0 spiro atoms. The van der Waals surface area contributed by atoms with Gasteiger partial charge in [0.05, 0.1) is 30.4 Å². The minimum atomic E-state index is -1.17. The van der Waals surface area contributed by atoms with Gasteiger partial charge in [-0.3, -0.25) is 9.59 Å². The molecule has 10 heteroatoms. The fourth-order valence-corrected chi connectivity index (χ4v) is 4.58. The first kappa shape index (κ1) is 32.7. The Bertz CT molecular complexity index is 1230. The molecule has 0 saturated heterocycles. The number of rotatable bonds is 12. The molecule has 3 atom stereocenters. The summed E-state index contributed by atoms with van der Waals surface area (Å²) in [5.41, 5.74) is 3.26. The zero-order valence-electron chi connectivity index (χ0n) is 22.2. The van der Waals surface area contributed by atoms with Crippen LogP contribution in [0.1, 0.15) is 79.3 Å². The number of carboxylic acids is 1. The second-order valence-corrected chi connectivity index (χ2v) is 9.93. The van der Waals surface area contributed by atoms with E-state index in [4.69, 9.17) is 10.2 Å². The van der Waals surface area contributed by atoms with Gasteiger partial charge >= 0.3 is 35.5 Å². The van der Waals surface area contributed by atoms with Crippen LogP contribution in [0, 0.1) is 5.82 Å². The molecule has 1 aromatic heterocycles. The third kappa shape index (κ3) is 8.46. The molecule has 0 aliphatic carbocycles. The molecular weight excluding hydrogens is 512 g/mol. The van der Waals surface area contributed by atoms with Crippen molar-refractivity contribution in [1.29, 1.82) is 0 Å². The Labute approximate surface area is 250 Å². The first-order chi connectivity index (χ1) is 18.0. The van der Waals surface area contributed by atoms with Gasteiger partial charge in [-0.25, -0.2) is 9.07 Å². The van der Waals surface area contributed by atoms with E-state index < -0.39 is 30.4 Å². The number of aromatic nitrogens is 2. The molecule has 3 N–H and O–H groups in total. The molecule has 0 radical (unpaired) electrons. The zero-order valence-corrected chi connectivity index (χ0v) is 22.2. The number of carbonyl (C=O) groups excluding carboxylic acids is 1. The number of benzene rings is 2. The van der Waals surface area contributed by atoms with Gasteiger partial charge in [0.25, 0.3) is 5.91 Å². The van der Waals surface area contributed by atoms with Crippen LogP contribution in [-0.2, 0) is 11.2 Å². The van der Waals surface area contributed by atoms with Crippen molar-refractivity contribution in [2.24, 2.45) is 0 Å². The van der Waals surface area contributed by atoms with Crippen LogP contribution in [0.3, 0.4) is 0 Å². The molecule has 8 nitrogen and oxygen atoms in total. The molecular formula is C29H37FN3NaO5. The summed E-state index contributed by atoms with van der Waals surface area (Å²) in [5, 5.41) is 34.0. The number of carbonyl (C=O) groups is 2. The molecule has 0 aliphatic rings. The van der Waals surface area contributed by atoms with Crippen LogP contribution in [-0.4, -0.2) is 90.7 Å². The fraction of sp³-hybridized carbons (Fsp3) is 0.414. The molecule has 3 aromatic rings. The maximum atomic E-state index is 13.8. The Morgan fingerprint density at radius 2 is 1.62 bits per heavy atom. The first-order valence-electron chi connectivity index (χ1n) is 12.8. The van der Waals surface area contributed by atoms with Crippen molar-refractivity contribution in [3.05, 3.63) is 82.9 Å². The van der Waals surface area contributed by atoms with Crippen molar-refractivity contribution in [2.45, 2.75) is 70.6 Å². The molecule has 1 amide bonds. The average molecular weight is 550 g/mol. The number of halogens is 1. The second kappa shape index (κ2) is 14.7. The molecule has 0 fully saturated rings. The molecule has 39 heavy (non-hydrogen) atoms. The van der Waals surface area contributed by atoms with Gasteiger partial charge < -0.3 is 20.2 Å². The van der Waals surface area contributed by atoms with E-state index >= 15 is 0 Å². The topological polar surface area (TPSA) is 116 Å². The van der Waals surface area contributed by atoms with Crippen molar-refractivity contribution in [3.63, 3.8) is 0 Å². The van der Waals surface area contributed by atoms with Crippen molar-refractivity contribution in [2.75, 3.05) is 7.05 Å². The predicted octanol–water partition coefficient (Wildman–Crippen LogP) is 3.84. The van der Waals surface area contributed by atoms with Gasteiger partial charge in [-0.1, -0.05) is 44.2 Å². The van der Waals surface area contributed by atoms with Crippen LogP contribution < -0.4 is 0 Å². The number of aliphatic carboxylic acids is 1. The Balaban J connectivity index is 0.00000533. The second-order valence-electron chi connectivity index (χ2n) is 9.93. The summed E-state index contributed by atoms with van der Waals surface area (Å²) in [6, 6.07) is 15.3. The Morgan fingerprint density at radius 3 is 2.18 bits per heavy atom. The minimum absolute atomic E-state index is 0. The van der Waals surface area contributed by atoms with E-state index in [2.05, 4.69) is 0 Å². The van der Waals surface area contributed by atoms with Crippen molar-refractivity contribution >= 4 is 41.4 Å². The van der Waals surface area contributed by atoms with Gasteiger partial charge in [-0.05, 0) is 61.9 Å². The normalized spacial score (nSPS) is 13.4. The van der Waals surface area contributed by atoms with E-state index in [1.165, 1.54) is 12.1 Å². The van der Waals surface area contributed by atoms with E-state index in [0.29, 0.717) is 17.8 Å². The van der Waals surface area contributed by atoms with Crippen LogP contribution >= 0.6 is 0 Å². The number of nitrogens with zero attached hydrogens (tertiary/aromatic N) is 3. The zero-order chi connectivity index (χ0) is 28.0. The molecule has 1 heterocycles. The monoisotopic (exact) mass is 549 g/mol. The van der Waals surface area contributed by atoms with Crippen LogP contribution in [0.4, 0.5) is 4.39 Å². The number of aliphatic hydroxyl groups is 2. The van der Waals surface area contributed by atoms with Gasteiger partial charge in [0.15, 0.2) is 5.69 Å². The van der Waals surface area contributed by atoms with Crippen LogP contribution in [0.25, 0.3) is 5.69 Å². The van der Waals surface area contributed by atoms with Crippen molar-refractivity contribution in [3.8, 4) is 5.69 Å². The summed E-state index contributed by atoms with van der Waals surface area (Å²) in [5.74, 6) is -1.89. The van der Waals surface area contributed by atoms with Gasteiger partial charge in [-0.2, -0.15) is 5.10 Å². The number of aliphatic hydroxyl groups excluding tert-OH is 2. The molecule has 206 valence electrons. The van der Waals surface area contributed by atoms with Crippen molar-refractivity contribution in [1.82, 2.24) is 14.7 Å². The number of amides is 1. The van der Waals surface area contributed by atoms with E-state index in [0.717, 1.165) is 11.1 Å². The molecule has 0 unspecified atom stereocenters. The number of carboxylic acid groups (broad SMARTS) is 1. The number of hydrogen-bond acceptors (Lipinski definition) is 5. The van der Waals surface area contributed by atoms with Gasteiger partial charge in [0, 0.05) is 18.3 Å². The van der Waals surface area contributed by atoms with Gasteiger partial charge in [-0.15, -0.1) is 0 Å². The van der Waals surface area contributed by atoms with E-state index in [1.807, 2.05) is 51.1 Å². The van der Waals surface area contributed by atoms with Crippen molar-refractivity contribution < 1.29 is 29.3 Å². The van der Waals surface area contributed by atoms with E-state index in [-0.39, 0.29) is 66.0 Å². The third-order valence-electron chi connectivity index (χ3n) is 6.72. The predicted molar refractivity (Wildman–Crippen MR) is 149 cm³/mol. The van der Waals surface area contributed by atoms with Crippen LogP contribution in [0.15, 0.2) is 54.6 Å². The summed E-state index contributed by atoms with van der Waals surface area (Å²) >= 11 is 0. The fourth-order valence-electron chi connectivity index (χ4n) is 4.58. The summed E-state index contributed by atoms with van der Waals surface area (Å²) in [6.07, 6.45) is -2.14. The molecule has 0 aliphatic heterocycles. The quantitative estimate of drug-likeness (QED) is 0.296. The first-order valence-corrected chi connectivity index (χ1v) is 12.8. The summed E-state index contributed by atoms with van der Waals surface area (Å²) < 4.78 is 15.3. The summed E-state index contributed by atoms with van der Waals surface area (Å²) in [7, 11) is 1.73. The molecule has 3 rings (SSSR count). The maximum absolute atomic E-state index is 13.8. The van der Waals surface area contributed by atoms with Gasteiger partial charge in [0.2, 0.25) is 0 Å². The standard InChI is InChI=1S/C29H36FN3O5.Na.H/c1-18(2)27-25(15-14-23(34)16-24(35)17-26(36)37)33(22-12-10-21(30)11-13-22)31-28(27)29(38)32(4)19(3)20-8-6-5-7-9-20;;/h5-13,18-19,23-24,34-35H,14-17H2,1-4H3,(H,36,37);;/t19-,23+,24+;;/m0../s1. The molecule has 0 saturated carbocycles. The average Bonchev–Trinajstić information content (AvgIpc) is 3.26. The Kier molecular flexibility index (Phi) is 12.3. The Morgan fingerprint density at radius 1 is 1.00 bits per heavy atom. The van der Waals surface area contributed by atoms with Crippen LogP contribution in [0.5, 0.6) is 0 Å². The van der Waals surface area contributed by atoms with Gasteiger partial charge in [0.1, 0.15) is 5.82 Å². The summed E-state index contributed by atoms with van der Waals surface area (Å²) in [4.78, 5) is 26.3.